The van der Waals surface area contributed by atoms with Crippen LogP contribution in [-0.4, -0.2) is 41.4 Å². The first-order chi connectivity index (χ1) is 8.67. The Morgan fingerprint density at radius 1 is 1.33 bits per heavy atom. The molecule has 18 heavy (non-hydrogen) atoms. The molecule has 0 aromatic carbocycles. The van der Waals surface area contributed by atoms with E-state index in [1.165, 1.54) is 0 Å². The van der Waals surface area contributed by atoms with E-state index in [1.54, 1.807) is 6.07 Å². The molecule has 7 nitrogen and oxygen atoms in total. The first kappa shape index (κ1) is 14.6. The van der Waals surface area contributed by atoms with Crippen molar-refractivity contribution in [3.8, 4) is 0 Å². The molecule has 1 aromatic rings. The summed E-state index contributed by atoms with van der Waals surface area (Å²) in [6.07, 6.45) is 0. The number of hydrogen-bond donors (Lipinski definition) is 4. The van der Waals surface area contributed by atoms with E-state index in [0.717, 1.165) is 5.82 Å². The maximum Gasteiger partial charge on any atom is 0.145 e. The smallest absolute Gasteiger partial charge is 0.145 e. The fourth-order valence-electron chi connectivity index (χ4n) is 1.31. The van der Waals surface area contributed by atoms with Crippen molar-refractivity contribution in [1.29, 1.82) is 0 Å². The molecule has 102 valence electrons. The van der Waals surface area contributed by atoms with E-state index >= 15 is 0 Å². The van der Waals surface area contributed by atoms with Gasteiger partial charge in [-0.15, -0.1) is 0 Å². The predicted molar refractivity (Wildman–Crippen MR) is 70.3 cm³/mol. The molecule has 0 bridgehead atoms. The van der Waals surface area contributed by atoms with Crippen LogP contribution in [0.5, 0.6) is 0 Å². The van der Waals surface area contributed by atoms with Gasteiger partial charge < -0.3 is 20.6 Å². The number of ether oxygens (including phenoxy) is 1. The Kier molecular flexibility index (Phi) is 6.34. The molecule has 0 spiro atoms. The molecular formula is C11H21N5O2. The van der Waals surface area contributed by atoms with Crippen molar-refractivity contribution in [1.82, 2.24) is 9.97 Å². The lowest BCUT2D eigenvalue weighted by Gasteiger charge is -2.11. The number of hydrogen-bond acceptors (Lipinski definition) is 7. The van der Waals surface area contributed by atoms with Crippen molar-refractivity contribution in [2.75, 3.05) is 37.1 Å². The molecule has 0 aliphatic heterocycles. The van der Waals surface area contributed by atoms with E-state index in [-0.39, 0.29) is 12.5 Å². The molecule has 0 aliphatic carbocycles. The molecule has 1 aromatic heterocycles. The summed E-state index contributed by atoms with van der Waals surface area (Å²) in [4.78, 5) is 8.63. The third-order valence-electron chi connectivity index (χ3n) is 2.20. The summed E-state index contributed by atoms with van der Waals surface area (Å²) >= 11 is 0. The Morgan fingerprint density at radius 2 is 2.06 bits per heavy atom. The van der Waals surface area contributed by atoms with Crippen LogP contribution >= 0.6 is 0 Å². The van der Waals surface area contributed by atoms with Gasteiger partial charge >= 0.3 is 0 Å². The highest BCUT2D eigenvalue weighted by molar-refractivity contribution is 5.47. The minimum absolute atomic E-state index is 0.0340. The maximum absolute atomic E-state index is 8.56. The quantitative estimate of drug-likeness (QED) is 0.301. The van der Waals surface area contributed by atoms with Gasteiger partial charge in [-0.2, -0.15) is 0 Å². The van der Waals surface area contributed by atoms with Gasteiger partial charge in [0.15, 0.2) is 0 Å². The Balaban J connectivity index is 2.56. The maximum atomic E-state index is 8.56. The third-order valence-corrected chi connectivity index (χ3v) is 2.20. The van der Waals surface area contributed by atoms with E-state index < -0.39 is 0 Å². The minimum Gasteiger partial charge on any atom is -0.394 e. The minimum atomic E-state index is 0.0340. The largest absolute Gasteiger partial charge is 0.394 e. The van der Waals surface area contributed by atoms with E-state index in [1.807, 2.05) is 13.8 Å². The van der Waals surface area contributed by atoms with Crippen LogP contribution in [0.25, 0.3) is 0 Å². The van der Waals surface area contributed by atoms with Crippen LogP contribution in [0.1, 0.15) is 25.6 Å². The second-order valence-corrected chi connectivity index (χ2v) is 4.06. The molecule has 1 rings (SSSR count). The number of aromatic nitrogens is 2. The number of nitrogens with one attached hydrogen (secondary N) is 2. The average molecular weight is 255 g/mol. The average Bonchev–Trinajstić information content (AvgIpc) is 2.38. The van der Waals surface area contributed by atoms with Crippen molar-refractivity contribution in [2.45, 2.75) is 19.8 Å². The first-order valence-corrected chi connectivity index (χ1v) is 5.95. The summed E-state index contributed by atoms with van der Waals surface area (Å²) in [5.74, 6) is 7.59. The van der Waals surface area contributed by atoms with E-state index in [0.29, 0.717) is 31.4 Å². The van der Waals surface area contributed by atoms with Crippen LogP contribution in [0, 0.1) is 0 Å². The topological polar surface area (TPSA) is 105 Å². The number of rotatable bonds is 8. The summed E-state index contributed by atoms with van der Waals surface area (Å²) in [5.41, 5.74) is 2.52. The van der Waals surface area contributed by atoms with Gasteiger partial charge in [-0.25, -0.2) is 15.8 Å². The van der Waals surface area contributed by atoms with Crippen molar-refractivity contribution < 1.29 is 9.84 Å². The number of nitrogens with zero attached hydrogens (tertiary/aromatic N) is 2. The lowest BCUT2D eigenvalue weighted by atomic mass is 10.2. The van der Waals surface area contributed by atoms with Crippen LogP contribution < -0.4 is 16.6 Å². The zero-order chi connectivity index (χ0) is 13.4. The number of nitrogens with two attached hydrogens (primary N) is 1. The first-order valence-electron chi connectivity index (χ1n) is 5.95. The molecule has 0 aliphatic rings. The predicted octanol–water partition coefficient (Wildman–Crippen LogP) is 0.306. The van der Waals surface area contributed by atoms with Gasteiger partial charge in [0.05, 0.1) is 19.8 Å². The van der Waals surface area contributed by atoms with Crippen LogP contribution in [0.3, 0.4) is 0 Å². The van der Waals surface area contributed by atoms with Gasteiger partial charge in [0.1, 0.15) is 17.5 Å². The van der Waals surface area contributed by atoms with E-state index in [4.69, 9.17) is 15.7 Å². The van der Waals surface area contributed by atoms with Gasteiger partial charge in [0, 0.05) is 18.5 Å². The monoisotopic (exact) mass is 255 g/mol. The van der Waals surface area contributed by atoms with Gasteiger partial charge in [-0.05, 0) is 0 Å². The molecule has 0 fully saturated rings. The zero-order valence-corrected chi connectivity index (χ0v) is 10.8. The van der Waals surface area contributed by atoms with E-state index in [2.05, 4.69) is 20.7 Å². The molecule has 0 atom stereocenters. The van der Waals surface area contributed by atoms with Crippen LogP contribution in [0.2, 0.25) is 0 Å². The van der Waals surface area contributed by atoms with Gasteiger partial charge in [-0.1, -0.05) is 13.8 Å². The van der Waals surface area contributed by atoms with Gasteiger partial charge in [0.25, 0.3) is 0 Å². The van der Waals surface area contributed by atoms with Gasteiger partial charge in [0.2, 0.25) is 0 Å². The molecule has 5 N–H and O–H groups in total. The van der Waals surface area contributed by atoms with Crippen molar-refractivity contribution >= 4 is 11.6 Å². The van der Waals surface area contributed by atoms with Gasteiger partial charge in [-0.3, -0.25) is 0 Å². The normalized spacial score (nSPS) is 10.7. The zero-order valence-electron chi connectivity index (χ0n) is 10.8. The second kappa shape index (κ2) is 7.80. The van der Waals surface area contributed by atoms with Crippen molar-refractivity contribution in [3.05, 3.63) is 11.9 Å². The van der Waals surface area contributed by atoms with E-state index in [9.17, 15) is 0 Å². The molecule has 1 heterocycles. The van der Waals surface area contributed by atoms with Crippen molar-refractivity contribution in [2.24, 2.45) is 5.84 Å². The summed E-state index contributed by atoms with van der Waals surface area (Å²) in [5, 5.41) is 11.7. The molecule has 0 amide bonds. The number of anilines is 2. The summed E-state index contributed by atoms with van der Waals surface area (Å²) in [6.45, 7) is 5.53. The Hall–Kier alpha value is -1.44. The lowest BCUT2D eigenvalue weighted by Crippen LogP contribution is -2.15. The summed E-state index contributed by atoms with van der Waals surface area (Å²) < 4.78 is 5.14. The third kappa shape index (κ3) is 4.82. The standard InChI is InChI=1S/C11H21N5O2/c1-8(2)11-14-9(7-10(15-11)16-12)13-3-5-18-6-4-17/h7-8,17H,3-6,12H2,1-2H3,(H2,13,14,15,16). The number of aliphatic hydroxyl groups excluding tert-OH is 1. The van der Waals surface area contributed by atoms with Crippen LogP contribution in [-0.2, 0) is 4.74 Å². The molecule has 0 radical (unpaired) electrons. The lowest BCUT2D eigenvalue weighted by molar-refractivity contribution is 0.0992. The van der Waals surface area contributed by atoms with Crippen molar-refractivity contribution in [3.63, 3.8) is 0 Å². The van der Waals surface area contributed by atoms with Crippen LogP contribution in [0.15, 0.2) is 6.07 Å². The number of aliphatic hydroxyl groups is 1. The summed E-state index contributed by atoms with van der Waals surface area (Å²) in [7, 11) is 0. The molecule has 7 heteroatoms. The Labute approximate surface area is 107 Å². The molecule has 0 saturated heterocycles. The highest BCUT2D eigenvalue weighted by Gasteiger charge is 2.07. The highest BCUT2D eigenvalue weighted by Crippen LogP contribution is 2.15. The highest BCUT2D eigenvalue weighted by atomic mass is 16.5. The SMILES string of the molecule is CC(C)c1nc(NN)cc(NCCOCCO)n1. The second-order valence-electron chi connectivity index (χ2n) is 4.06. The molecular weight excluding hydrogens is 234 g/mol. The number of hydrazine groups is 1. The molecule has 0 saturated carbocycles. The fourth-order valence-corrected chi connectivity index (χ4v) is 1.31. The Morgan fingerprint density at radius 3 is 2.67 bits per heavy atom. The summed E-state index contributed by atoms with van der Waals surface area (Å²) in [6, 6.07) is 1.73. The Bertz CT molecular complexity index is 359. The fraction of sp³-hybridized carbons (Fsp3) is 0.636. The number of nitrogen functional groups attached to an aromatic ring is 1. The molecule has 0 unspecified atom stereocenters. The van der Waals surface area contributed by atoms with Crippen LogP contribution in [0.4, 0.5) is 11.6 Å².